The van der Waals surface area contributed by atoms with Gasteiger partial charge in [-0.2, -0.15) is 9.37 Å². The summed E-state index contributed by atoms with van der Waals surface area (Å²) in [6.07, 6.45) is 7.07. The average Bonchev–Trinajstić information content (AvgIpc) is 3.30. The second-order valence-electron chi connectivity index (χ2n) is 10.8. The van der Waals surface area contributed by atoms with E-state index >= 15 is 0 Å². The van der Waals surface area contributed by atoms with Crippen molar-refractivity contribution in [2.24, 2.45) is 16.8 Å². The monoisotopic (exact) mass is 578 g/mol. The van der Waals surface area contributed by atoms with Crippen molar-refractivity contribution >= 4 is 28.5 Å². The smallest absolute Gasteiger partial charge is 0.254 e. The van der Waals surface area contributed by atoms with E-state index in [0.717, 1.165) is 74.1 Å². The van der Waals surface area contributed by atoms with Crippen molar-refractivity contribution in [3.8, 4) is 5.88 Å². The van der Waals surface area contributed by atoms with Crippen LogP contribution in [0.1, 0.15) is 54.9 Å². The van der Waals surface area contributed by atoms with Crippen LogP contribution in [0.3, 0.4) is 0 Å². The Morgan fingerprint density at radius 3 is 2.61 bits per heavy atom. The molecule has 1 atom stereocenters. The molecule has 2 fully saturated rings. The van der Waals surface area contributed by atoms with Crippen molar-refractivity contribution in [1.82, 2.24) is 19.5 Å². The number of fused-ring (bicyclic) bond motifs is 1. The molecule has 1 aliphatic heterocycles. The molecule has 6 rings (SSSR count). The Morgan fingerprint density at radius 1 is 1.12 bits per heavy atom. The number of amidine groups is 1. The van der Waals surface area contributed by atoms with Crippen molar-refractivity contribution in [1.29, 1.82) is 0 Å². The zero-order chi connectivity index (χ0) is 28.3. The zero-order valence-corrected chi connectivity index (χ0v) is 23.3. The van der Waals surface area contributed by atoms with Gasteiger partial charge in [0.25, 0.3) is 5.88 Å². The molecular formula is C30H32ClFN6O3. The van der Waals surface area contributed by atoms with E-state index in [1.807, 2.05) is 42.5 Å². The van der Waals surface area contributed by atoms with Crippen molar-refractivity contribution < 1.29 is 19.1 Å². The van der Waals surface area contributed by atoms with Crippen molar-refractivity contribution in [2.75, 3.05) is 6.61 Å². The Labute approximate surface area is 242 Å². The van der Waals surface area contributed by atoms with Gasteiger partial charge in [-0.1, -0.05) is 28.9 Å². The van der Waals surface area contributed by atoms with Gasteiger partial charge >= 0.3 is 0 Å². The van der Waals surface area contributed by atoms with Gasteiger partial charge in [0.15, 0.2) is 5.84 Å². The maximum Gasteiger partial charge on any atom is 0.254 e. The second kappa shape index (κ2) is 12.0. The maximum atomic E-state index is 14.5. The molecule has 0 unspecified atom stereocenters. The number of oxime groups is 1. The van der Waals surface area contributed by atoms with Gasteiger partial charge in [-0.3, -0.25) is 0 Å². The lowest BCUT2D eigenvalue weighted by molar-refractivity contribution is -0.0590. The van der Waals surface area contributed by atoms with E-state index in [1.54, 1.807) is 0 Å². The van der Waals surface area contributed by atoms with Gasteiger partial charge in [-0.25, -0.2) is 9.97 Å². The number of aromatic nitrogens is 4. The first kappa shape index (κ1) is 27.4. The molecule has 2 aromatic heterocycles. The number of imidazole rings is 1. The number of benzene rings is 2. The number of nitrogens with zero attached hydrogens (tertiary/aromatic N) is 5. The number of ether oxygens (including phenoxy) is 2. The van der Waals surface area contributed by atoms with Crippen LogP contribution in [0.25, 0.3) is 11.0 Å². The van der Waals surface area contributed by atoms with Crippen LogP contribution < -0.4 is 10.5 Å². The van der Waals surface area contributed by atoms with Crippen LogP contribution in [0.2, 0.25) is 5.02 Å². The molecule has 11 heteroatoms. The van der Waals surface area contributed by atoms with Crippen molar-refractivity contribution in [2.45, 2.75) is 63.7 Å². The number of hydrogen-bond donors (Lipinski definition) is 2. The highest BCUT2D eigenvalue weighted by Gasteiger charge is 2.27. The maximum absolute atomic E-state index is 14.5. The predicted molar refractivity (Wildman–Crippen MR) is 153 cm³/mol. The molecule has 2 aromatic carbocycles. The Kier molecular flexibility index (Phi) is 8.02. The Balaban J connectivity index is 1.11. The van der Waals surface area contributed by atoms with E-state index in [4.69, 9.17) is 37.0 Å². The van der Waals surface area contributed by atoms with Crippen molar-refractivity contribution in [3.63, 3.8) is 0 Å². The minimum atomic E-state index is -0.551. The van der Waals surface area contributed by atoms with E-state index in [0.29, 0.717) is 28.7 Å². The summed E-state index contributed by atoms with van der Waals surface area (Å²) in [6.45, 7) is 1.54. The molecule has 1 saturated heterocycles. The van der Waals surface area contributed by atoms with Crippen LogP contribution >= 0.6 is 11.6 Å². The molecule has 3 N–H and O–H groups in total. The molecule has 2 aliphatic rings. The fraction of sp³-hybridized carbons (Fsp3) is 0.400. The molecule has 9 nitrogen and oxygen atoms in total. The van der Waals surface area contributed by atoms with Gasteiger partial charge in [0, 0.05) is 30.0 Å². The van der Waals surface area contributed by atoms with Crippen LogP contribution in [0.15, 0.2) is 53.8 Å². The van der Waals surface area contributed by atoms with Gasteiger partial charge in [0.05, 0.1) is 29.9 Å². The Hall–Kier alpha value is -3.76. The molecule has 214 valence electrons. The van der Waals surface area contributed by atoms with E-state index in [2.05, 4.69) is 19.7 Å². The summed E-state index contributed by atoms with van der Waals surface area (Å²) in [7, 11) is 0. The normalized spacial score (nSPS) is 21.1. The molecule has 0 radical (unpaired) electrons. The minimum Gasteiger partial charge on any atom is -0.472 e. The topological polar surface area (TPSA) is 121 Å². The van der Waals surface area contributed by atoms with Gasteiger partial charge in [-0.15, -0.1) is 0 Å². The van der Waals surface area contributed by atoms with Crippen LogP contribution in [0, 0.1) is 11.7 Å². The molecule has 4 aromatic rings. The van der Waals surface area contributed by atoms with Gasteiger partial charge in [-0.05, 0) is 73.9 Å². The molecule has 1 saturated carbocycles. The first-order valence-electron chi connectivity index (χ1n) is 14.0. The highest BCUT2D eigenvalue weighted by atomic mass is 35.5. The first-order valence-corrected chi connectivity index (χ1v) is 14.3. The quantitative estimate of drug-likeness (QED) is 0.120. The standard InChI is InChI=1S/C30H32ClFN6O3/c31-21-6-1-18(2-7-21)13-27-34-16-24(32)30(36-27)41-22-8-3-19(4-9-22)14-28-35-25-15-20(29(33)37-39)5-10-26(25)38(28)17-23-11-12-40-23/h1-2,5-7,10,15-16,19,22-23,39H,3-4,8-9,11-14,17H2,(H2,33,37)/t19?,22?,23-/m0/s1. The van der Waals surface area contributed by atoms with Gasteiger partial charge < -0.3 is 25.0 Å². The average molecular weight is 579 g/mol. The van der Waals surface area contributed by atoms with E-state index in [1.165, 1.54) is 6.20 Å². The predicted octanol–water partition coefficient (Wildman–Crippen LogP) is 5.27. The van der Waals surface area contributed by atoms with Gasteiger partial charge in [0.2, 0.25) is 5.82 Å². The fourth-order valence-electron chi connectivity index (χ4n) is 5.60. The molecule has 0 spiro atoms. The lowest BCUT2D eigenvalue weighted by Gasteiger charge is -2.30. The molecule has 0 amide bonds. The van der Waals surface area contributed by atoms with Gasteiger partial charge in [0.1, 0.15) is 17.8 Å². The summed E-state index contributed by atoms with van der Waals surface area (Å²) in [5.41, 5.74) is 9.25. The van der Waals surface area contributed by atoms with Crippen LogP contribution in [-0.2, 0) is 24.1 Å². The highest BCUT2D eigenvalue weighted by Crippen LogP contribution is 2.32. The Bertz CT molecular complexity index is 1550. The van der Waals surface area contributed by atoms with E-state index in [-0.39, 0.29) is 23.9 Å². The van der Waals surface area contributed by atoms with Crippen LogP contribution in [0.4, 0.5) is 4.39 Å². The van der Waals surface area contributed by atoms with E-state index < -0.39 is 5.82 Å². The summed E-state index contributed by atoms with van der Waals surface area (Å²) in [5.74, 6) is 1.45. The molecule has 3 heterocycles. The highest BCUT2D eigenvalue weighted by molar-refractivity contribution is 6.30. The Morgan fingerprint density at radius 2 is 1.90 bits per heavy atom. The molecular weight excluding hydrogens is 547 g/mol. The zero-order valence-electron chi connectivity index (χ0n) is 22.5. The lowest BCUT2D eigenvalue weighted by atomic mass is 9.85. The number of rotatable bonds is 9. The largest absolute Gasteiger partial charge is 0.472 e. The third-order valence-electron chi connectivity index (χ3n) is 7.99. The third-order valence-corrected chi connectivity index (χ3v) is 8.24. The minimum absolute atomic E-state index is 0.0104. The summed E-state index contributed by atoms with van der Waals surface area (Å²) in [6, 6.07) is 13.1. The van der Waals surface area contributed by atoms with Crippen LogP contribution in [-0.4, -0.2) is 49.4 Å². The van der Waals surface area contributed by atoms with E-state index in [9.17, 15) is 4.39 Å². The molecule has 41 heavy (non-hydrogen) atoms. The molecule has 0 bridgehead atoms. The van der Waals surface area contributed by atoms with Crippen molar-refractivity contribution in [3.05, 3.63) is 82.3 Å². The summed E-state index contributed by atoms with van der Waals surface area (Å²) in [5, 5.41) is 12.9. The lowest BCUT2D eigenvalue weighted by Crippen LogP contribution is -2.32. The first-order chi connectivity index (χ1) is 19.9. The molecule has 1 aliphatic carbocycles. The fourth-order valence-corrected chi connectivity index (χ4v) is 5.72. The second-order valence-corrected chi connectivity index (χ2v) is 11.3. The third kappa shape index (κ3) is 6.28. The number of hydrogen-bond acceptors (Lipinski definition) is 7. The van der Waals surface area contributed by atoms with Crippen LogP contribution in [0.5, 0.6) is 5.88 Å². The number of halogens is 2. The number of nitrogens with two attached hydrogens (primary N) is 1. The summed E-state index contributed by atoms with van der Waals surface area (Å²) < 4.78 is 28.6. The SMILES string of the molecule is NC(=NO)c1ccc2c(c1)nc(CC1CCC(Oc3nc(Cc4ccc(Cl)cc4)ncc3F)CC1)n2C[C@@H]1CCO1. The summed E-state index contributed by atoms with van der Waals surface area (Å²) in [4.78, 5) is 13.5. The summed E-state index contributed by atoms with van der Waals surface area (Å²) >= 11 is 5.97.